The second-order valence-corrected chi connectivity index (χ2v) is 5.23. The van der Waals surface area contributed by atoms with Crippen molar-refractivity contribution in [1.29, 1.82) is 0 Å². The molecular weight excluding hydrogens is 358 g/mol. The Morgan fingerprint density at radius 2 is 2.33 bits per heavy atom. The van der Waals surface area contributed by atoms with Crippen LogP contribution in [0.3, 0.4) is 0 Å². The predicted molar refractivity (Wildman–Crippen MR) is 84.6 cm³/mol. The number of halogens is 2. The van der Waals surface area contributed by atoms with Gasteiger partial charge in [0.05, 0.1) is 10.7 Å². The van der Waals surface area contributed by atoms with Gasteiger partial charge in [0.15, 0.2) is 6.61 Å². The second kappa shape index (κ2) is 7.75. The summed E-state index contributed by atoms with van der Waals surface area (Å²) < 4.78 is 6.03. The molecule has 21 heavy (non-hydrogen) atoms. The van der Waals surface area contributed by atoms with E-state index in [0.29, 0.717) is 15.2 Å². The highest BCUT2D eigenvalue weighted by Crippen LogP contribution is 2.27. The summed E-state index contributed by atoms with van der Waals surface area (Å²) in [5, 5.41) is 4.40. The zero-order valence-electron chi connectivity index (χ0n) is 10.8. The van der Waals surface area contributed by atoms with Gasteiger partial charge in [0.1, 0.15) is 5.75 Å². The van der Waals surface area contributed by atoms with E-state index in [4.69, 9.17) is 16.3 Å². The Labute approximate surface area is 135 Å². The van der Waals surface area contributed by atoms with Gasteiger partial charge in [-0.1, -0.05) is 17.7 Å². The lowest BCUT2D eigenvalue weighted by molar-refractivity contribution is -0.123. The van der Waals surface area contributed by atoms with Gasteiger partial charge in [-0.15, -0.1) is 0 Å². The third-order valence-corrected chi connectivity index (χ3v) is 3.19. The number of hydrogen-bond acceptors (Lipinski definition) is 4. The lowest BCUT2D eigenvalue weighted by Crippen LogP contribution is -2.24. The molecule has 0 saturated carbocycles. The molecule has 108 valence electrons. The Bertz CT molecular complexity index is 650. The van der Waals surface area contributed by atoms with E-state index in [2.05, 4.69) is 31.4 Å². The summed E-state index contributed by atoms with van der Waals surface area (Å²) >= 11 is 9.12. The average molecular weight is 369 g/mol. The summed E-state index contributed by atoms with van der Waals surface area (Å²) in [4.78, 5) is 15.5. The summed E-state index contributed by atoms with van der Waals surface area (Å²) in [5.74, 6) is 0.169. The molecule has 0 fully saturated rings. The quantitative estimate of drug-likeness (QED) is 0.652. The van der Waals surface area contributed by atoms with Crippen molar-refractivity contribution in [2.75, 3.05) is 6.61 Å². The molecular formula is C14H11BrClN3O2. The predicted octanol–water partition coefficient (Wildman–Crippen LogP) is 3.03. The fourth-order valence-corrected chi connectivity index (χ4v) is 2.20. The first kappa shape index (κ1) is 15.5. The zero-order valence-corrected chi connectivity index (χ0v) is 13.1. The van der Waals surface area contributed by atoms with Crippen LogP contribution in [0.1, 0.15) is 5.56 Å². The Kier molecular flexibility index (Phi) is 5.71. The number of nitrogens with zero attached hydrogens (tertiary/aromatic N) is 2. The number of benzene rings is 1. The van der Waals surface area contributed by atoms with Crippen LogP contribution in [0.2, 0.25) is 5.02 Å². The van der Waals surface area contributed by atoms with Crippen LogP contribution >= 0.6 is 27.5 Å². The number of hydrogen-bond donors (Lipinski definition) is 1. The number of carbonyl (C=O) groups is 1. The largest absolute Gasteiger partial charge is 0.483 e. The molecule has 0 aliphatic rings. The number of nitrogens with one attached hydrogen (secondary N) is 1. The van der Waals surface area contributed by atoms with Crippen molar-refractivity contribution < 1.29 is 9.53 Å². The fourth-order valence-electron chi connectivity index (χ4n) is 1.40. The van der Waals surface area contributed by atoms with E-state index < -0.39 is 0 Å². The lowest BCUT2D eigenvalue weighted by atomic mass is 10.3. The summed E-state index contributed by atoms with van der Waals surface area (Å²) in [6, 6.07) is 8.66. The summed E-state index contributed by atoms with van der Waals surface area (Å²) in [6.07, 6.45) is 4.80. The van der Waals surface area contributed by atoms with E-state index in [0.717, 1.165) is 5.56 Å². The molecule has 0 bridgehead atoms. The molecule has 7 heteroatoms. The topological polar surface area (TPSA) is 63.6 Å². The molecule has 0 atom stereocenters. The lowest BCUT2D eigenvalue weighted by Gasteiger charge is -2.07. The highest BCUT2D eigenvalue weighted by Gasteiger charge is 2.05. The third-order valence-electron chi connectivity index (χ3n) is 2.34. The molecule has 1 aromatic carbocycles. The molecule has 0 radical (unpaired) electrons. The summed E-state index contributed by atoms with van der Waals surface area (Å²) in [7, 11) is 0. The maximum absolute atomic E-state index is 11.6. The number of ether oxygens (including phenoxy) is 1. The Hall–Kier alpha value is -1.92. The van der Waals surface area contributed by atoms with Crippen LogP contribution in [0.5, 0.6) is 5.75 Å². The third kappa shape index (κ3) is 5.17. The molecule has 0 spiro atoms. The van der Waals surface area contributed by atoms with Crippen molar-refractivity contribution in [1.82, 2.24) is 10.4 Å². The molecule has 1 aromatic heterocycles. The minimum Gasteiger partial charge on any atom is -0.483 e. The molecule has 0 aliphatic carbocycles. The van der Waals surface area contributed by atoms with Crippen LogP contribution in [0.25, 0.3) is 0 Å². The van der Waals surface area contributed by atoms with E-state index >= 15 is 0 Å². The number of rotatable bonds is 5. The number of carbonyl (C=O) groups excluding carboxylic acids is 1. The van der Waals surface area contributed by atoms with Crippen LogP contribution in [-0.2, 0) is 4.79 Å². The van der Waals surface area contributed by atoms with Gasteiger partial charge in [0.2, 0.25) is 0 Å². The fraction of sp³-hybridized carbons (Fsp3) is 0.0714. The van der Waals surface area contributed by atoms with E-state index in [1.54, 1.807) is 36.7 Å². The Balaban J connectivity index is 1.81. The molecule has 5 nitrogen and oxygen atoms in total. The molecule has 1 amide bonds. The van der Waals surface area contributed by atoms with Crippen LogP contribution in [0.4, 0.5) is 0 Å². The standard InChI is InChI=1S/C14H11BrClN3O2/c15-12-6-11(16)3-4-13(12)21-9-14(20)19-18-8-10-2-1-5-17-7-10/h1-8H,9H2,(H,19,20)/b18-8-. The highest BCUT2D eigenvalue weighted by molar-refractivity contribution is 9.10. The Morgan fingerprint density at radius 3 is 3.05 bits per heavy atom. The normalized spacial score (nSPS) is 10.6. The molecule has 1 heterocycles. The first-order valence-electron chi connectivity index (χ1n) is 5.95. The van der Waals surface area contributed by atoms with E-state index in [1.165, 1.54) is 6.21 Å². The van der Waals surface area contributed by atoms with Crippen molar-refractivity contribution in [3.8, 4) is 5.75 Å². The average Bonchev–Trinajstić information content (AvgIpc) is 2.47. The van der Waals surface area contributed by atoms with Gasteiger partial charge in [-0.05, 0) is 40.2 Å². The number of pyridine rings is 1. The SMILES string of the molecule is O=C(COc1ccc(Cl)cc1Br)N/N=C\c1cccnc1. The minimum atomic E-state index is -0.364. The molecule has 2 aromatic rings. The van der Waals surface area contributed by atoms with Crippen molar-refractivity contribution in [2.24, 2.45) is 5.10 Å². The molecule has 0 saturated heterocycles. The van der Waals surface area contributed by atoms with Gasteiger partial charge in [-0.3, -0.25) is 9.78 Å². The van der Waals surface area contributed by atoms with Gasteiger partial charge in [-0.2, -0.15) is 5.10 Å². The highest BCUT2D eigenvalue weighted by atomic mass is 79.9. The zero-order chi connectivity index (χ0) is 15.1. The van der Waals surface area contributed by atoms with Gasteiger partial charge >= 0.3 is 0 Å². The van der Waals surface area contributed by atoms with Crippen LogP contribution in [-0.4, -0.2) is 23.7 Å². The Morgan fingerprint density at radius 1 is 1.48 bits per heavy atom. The maximum Gasteiger partial charge on any atom is 0.277 e. The molecule has 0 aliphatic heterocycles. The maximum atomic E-state index is 11.6. The smallest absolute Gasteiger partial charge is 0.277 e. The van der Waals surface area contributed by atoms with Crippen molar-refractivity contribution >= 4 is 39.7 Å². The number of hydrazone groups is 1. The molecule has 0 unspecified atom stereocenters. The molecule has 1 N–H and O–H groups in total. The van der Waals surface area contributed by atoms with Gasteiger partial charge in [-0.25, -0.2) is 5.43 Å². The van der Waals surface area contributed by atoms with E-state index in [-0.39, 0.29) is 12.5 Å². The van der Waals surface area contributed by atoms with E-state index in [1.807, 2.05) is 6.07 Å². The first-order valence-corrected chi connectivity index (χ1v) is 7.12. The first-order chi connectivity index (χ1) is 10.1. The molecule has 2 rings (SSSR count). The monoisotopic (exact) mass is 367 g/mol. The number of amides is 1. The second-order valence-electron chi connectivity index (χ2n) is 3.94. The van der Waals surface area contributed by atoms with Crippen molar-refractivity contribution in [3.05, 3.63) is 57.8 Å². The van der Waals surface area contributed by atoms with Crippen LogP contribution < -0.4 is 10.2 Å². The van der Waals surface area contributed by atoms with Crippen LogP contribution in [0.15, 0.2) is 52.3 Å². The van der Waals surface area contributed by atoms with Crippen molar-refractivity contribution in [2.45, 2.75) is 0 Å². The summed E-state index contributed by atoms with van der Waals surface area (Å²) in [5.41, 5.74) is 3.16. The van der Waals surface area contributed by atoms with Crippen molar-refractivity contribution in [3.63, 3.8) is 0 Å². The van der Waals surface area contributed by atoms with Gasteiger partial charge < -0.3 is 4.74 Å². The van der Waals surface area contributed by atoms with E-state index in [9.17, 15) is 4.79 Å². The summed E-state index contributed by atoms with van der Waals surface area (Å²) in [6.45, 7) is -0.148. The number of aromatic nitrogens is 1. The minimum absolute atomic E-state index is 0.148. The van der Waals surface area contributed by atoms with Gasteiger partial charge in [0, 0.05) is 23.0 Å². The van der Waals surface area contributed by atoms with Crippen LogP contribution in [0, 0.1) is 0 Å². The van der Waals surface area contributed by atoms with Gasteiger partial charge in [0.25, 0.3) is 5.91 Å².